The number of para-hydroxylation sites is 4. The molecule has 2 heterocycles. The average molecular weight is 396 g/mol. The highest BCUT2D eigenvalue weighted by molar-refractivity contribution is 6.14. The molecule has 1 saturated heterocycles. The first kappa shape index (κ1) is 18.4. The van der Waals surface area contributed by atoms with Crippen LogP contribution >= 0.6 is 0 Å². The van der Waals surface area contributed by atoms with Crippen molar-refractivity contribution in [2.75, 3.05) is 36.0 Å². The van der Waals surface area contributed by atoms with Gasteiger partial charge >= 0.3 is 0 Å². The van der Waals surface area contributed by atoms with Crippen LogP contribution in [-0.2, 0) is 4.79 Å². The van der Waals surface area contributed by atoms with Crippen LogP contribution in [-0.4, -0.2) is 42.8 Å². The molecule has 3 aromatic carbocycles. The second kappa shape index (κ2) is 8.03. The number of anilines is 3. The third-order valence-electron chi connectivity index (χ3n) is 5.71. The Balaban J connectivity index is 1.41. The van der Waals surface area contributed by atoms with Crippen LogP contribution in [0.5, 0.6) is 0 Å². The van der Waals surface area contributed by atoms with E-state index in [1.807, 2.05) is 60.7 Å². The highest BCUT2D eigenvalue weighted by atomic mass is 16.2. The van der Waals surface area contributed by atoms with Crippen molar-refractivity contribution in [3.05, 3.63) is 84.9 Å². The second-order valence-corrected chi connectivity index (χ2v) is 7.57. The largest absolute Gasteiger partial charge is 0.368 e. The zero-order valence-electron chi connectivity index (χ0n) is 16.8. The Morgan fingerprint density at radius 2 is 1.20 bits per heavy atom. The summed E-state index contributed by atoms with van der Waals surface area (Å²) in [6.45, 7) is 3.55. The van der Waals surface area contributed by atoms with Gasteiger partial charge in [0.2, 0.25) is 5.91 Å². The van der Waals surface area contributed by atoms with Gasteiger partial charge in [0.15, 0.2) is 0 Å². The molecule has 5 nitrogen and oxygen atoms in total. The van der Waals surface area contributed by atoms with Gasteiger partial charge in [0.05, 0.1) is 17.8 Å². The molecular formula is C25H24N4O. The van der Waals surface area contributed by atoms with E-state index < -0.39 is 0 Å². The Bertz CT molecular complexity index is 1060. The lowest BCUT2D eigenvalue weighted by Gasteiger charge is -2.37. The summed E-state index contributed by atoms with van der Waals surface area (Å²) in [5, 5.41) is 0. The second-order valence-electron chi connectivity index (χ2n) is 7.57. The van der Waals surface area contributed by atoms with Crippen molar-refractivity contribution in [3.63, 3.8) is 0 Å². The number of piperazine rings is 1. The molecule has 0 aliphatic carbocycles. The van der Waals surface area contributed by atoms with Crippen molar-refractivity contribution in [2.45, 2.75) is 6.42 Å². The Kier molecular flexibility index (Phi) is 4.93. The molecule has 0 unspecified atom stereocenters. The molecule has 150 valence electrons. The maximum Gasteiger partial charge on any atom is 0.239 e. The first-order valence-electron chi connectivity index (χ1n) is 10.4. The number of aliphatic imine (C=N–C) groups is 1. The number of nitrogens with zero attached hydrogens (tertiary/aromatic N) is 4. The van der Waals surface area contributed by atoms with E-state index >= 15 is 0 Å². The normalized spacial score (nSPS) is 16.7. The monoisotopic (exact) mass is 396 g/mol. The molecular weight excluding hydrogens is 372 g/mol. The minimum Gasteiger partial charge on any atom is -0.368 e. The minimum atomic E-state index is 0.0513. The van der Waals surface area contributed by atoms with Gasteiger partial charge in [0.1, 0.15) is 5.84 Å². The summed E-state index contributed by atoms with van der Waals surface area (Å²) in [5.74, 6) is 0.911. The Labute approximate surface area is 176 Å². The zero-order valence-corrected chi connectivity index (χ0v) is 16.8. The van der Waals surface area contributed by atoms with Crippen LogP contribution in [0, 0.1) is 0 Å². The Morgan fingerprint density at radius 3 is 1.90 bits per heavy atom. The molecule has 5 heteroatoms. The molecule has 0 radical (unpaired) electrons. The molecule has 2 aliphatic rings. The third-order valence-corrected chi connectivity index (χ3v) is 5.71. The molecule has 3 aromatic rings. The van der Waals surface area contributed by atoms with Gasteiger partial charge in [-0.05, 0) is 36.4 Å². The number of rotatable bonds is 2. The predicted molar refractivity (Wildman–Crippen MR) is 122 cm³/mol. The number of hydrogen-bond acceptors (Lipinski definition) is 4. The first-order valence-corrected chi connectivity index (χ1v) is 10.4. The summed E-state index contributed by atoms with van der Waals surface area (Å²) in [7, 11) is 0. The van der Waals surface area contributed by atoms with E-state index in [1.54, 1.807) is 4.90 Å². The van der Waals surface area contributed by atoms with Gasteiger partial charge in [0.25, 0.3) is 0 Å². The molecule has 0 spiro atoms. The molecule has 0 N–H and O–H groups in total. The van der Waals surface area contributed by atoms with Crippen molar-refractivity contribution in [1.29, 1.82) is 0 Å². The van der Waals surface area contributed by atoms with E-state index in [1.165, 1.54) is 5.69 Å². The van der Waals surface area contributed by atoms with E-state index in [-0.39, 0.29) is 5.91 Å². The fraction of sp³-hybridized carbons (Fsp3) is 0.200. The van der Waals surface area contributed by atoms with E-state index in [9.17, 15) is 4.79 Å². The van der Waals surface area contributed by atoms with Crippen LogP contribution in [0.3, 0.4) is 0 Å². The quantitative estimate of drug-likeness (QED) is 0.635. The maximum absolute atomic E-state index is 13.3. The fourth-order valence-corrected chi connectivity index (χ4v) is 4.18. The van der Waals surface area contributed by atoms with Crippen molar-refractivity contribution in [3.8, 4) is 0 Å². The Hall–Kier alpha value is -3.60. The molecule has 0 bridgehead atoms. The Morgan fingerprint density at radius 1 is 0.633 bits per heavy atom. The van der Waals surface area contributed by atoms with Crippen LogP contribution < -0.4 is 9.80 Å². The van der Waals surface area contributed by atoms with Crippen molar-refractivity contribution in [1.82, 2.24) is 4.90 Å². The molecule has 1 amide bonds. The third kappa shape index (κ3) is 3.54. The highest BCUT2D eigenvalue weighted by Crippen LogP contribution is 2.37. The zero-order chi connectivity index (χ0) is 20.3. The van der Waals surface area contributed by atoms with Crippen LogP contribution in [0.25, 0.3) is 0 Å². The van der Waals surface area contributed by atoms with Gasteiger partial charge in [-0.25, -0.2) is 4.99 Å². The van der Waals surface area contributed by atoms with Crippen LogP contribution in [0.2, 0.25) is 0 Å². The number of carbonyl (C=O) groups excluding carboxylic acids is 1. The molecule has 0 saturated carbocycles. The van der Waals surface area contributed by atoms with Crippen LogP contribution in [0.15, 0.2) is 89.9 Å². The molecule has 30 heavy (non-hydrogen) atoms. The fourth-order valence-electron chi connectivity index (χ4n) is 4.18. The standard InChI is InChI=1S/C25H24N4O/c30-25-19-24(28-17-15-27(16-18-28)20-9-3-1-4-10-20)26-22-13-7-8-14-23(22)29(25)21-11-5-2-6-12-21/h1-14H,15-19H2. The maximum atomic E-state index is 13.3. The summed E-state index contributed by atoms with van der Waals surface area (Å²) in [4.78, 5) is 24.7. The number of hydrogen-bond donors (Lipinski definition) is 0. The van der Waals surface area contributed by atoms with Gasteiger partial charge in [0, 0.05) is 37.6 Å². The van der Waals surface area contributed by atoms with Crippen molar-refractivity contribution < 1.29 is 4.79 Å². The lowest BCUT2D eigenvalue weighted by Crippen LogP contribution is -2.49. The summed E-state index contributed by atoms with van der Waals surface area (Å²) in [6.07, 6.45) is 0.301. The molecule has 0 atom stereocenters. The van der Waals surface area contributed by atoms with Gasteiger partial charge in [-0.3, -0.25) is 9.69 Å². The minimum absolute atomic E-state index is 0.0513. The van der Waals surface area contributed by atoms with Crippen molar-refractivity contribution >= 4 is 34.5 Å². The van der Waals surface area contributed by atoms with E-state index in [0.717, 1.165) is 49.1 Å². The summed E-state index contributed by atoms with van der Waals surface area (Å²) in [5.41, 5.74) is 3.80. The highest BCUT2D eigenvalue weighted by Gasteiger charge is 2.29. The number of amides is 1. The van der Waals surface area contributed by atoms with E-state index in [2.05, 4.69) is 34.1 Å². The van der Waals surface area contributed by atoms with Crippen molar-refractivity contribution in [2.24, 2.45) is 4.99 Å². The molecule has 2 aliphatic heterocycles. The smallest absolute Gasteiger partial charge is 0.239 e. The SMILES string of the molecule is O=C1CC(N2CCN(c3ccccc3)CC2)=Nc2ccccc2N1c1ccccc1. The van der Waals surface area contributed by atoms with E-state index in [0.29, 0.717) is 6.42 Å². The van der Waals surface area contributed by atoms with Gasteiger partial charge in [-0.2, -0.15) is 0 Å². The molecule has 5 rings (SSSR count). The number of amidine groups is 1. The predicted octanol–water partition coefficient (Wildman–Crippen LogP) is 4.61. The van der Waals surface area contributed by atoms with Crippen LogP contribution in [0.1, 0.15) is 6.42 Å². The van der Waals surface area contributed by atoms with Gasteiger partial charge in [-0.1, -0.05) is 48.5 Å². The summed E-state index contributed by atoms with van der Waals surface area (Å²) >= 11 is 0. The van der Waals surface area contributed by atoms with Gasteiger partial charge < -0.3 is 9.80 Å². The topological polar surface area (TPSA) is 39.2 Å². The number of carbonyl (C=O) groups is 1. The summed E-state index contributed by atoms with van der Waals surface area (Å²) < 4.78 is 0. The lowest BCUT2D eigenvalue weighted by molar-refractivity contribution is -0.116. The molecule has 0 aromatic heterocycles. The van der Waals surface area contributed by atoms with E-state index in [4.69, 9.17) is 4.99 Å². The lowest BCUT2D eigenvalue weighted by atomic mass is 10.2. The first-order chi connectivity index (χ1) is 14.8. The summed E-state index contributed by atoms with van der Waals surface area (Å²) in [6, 6.07) is 28.2. The molecule has 1 fully saturated rings. The number of fused-ring (bicyclic) bond motifs is 1. The van der Waals surface area contributed by atoms with Crippen LogP contribution in [0.4, 0.5) is 22.7 Å². The van der Waals surface area contributed by atoms with Gasteiger partial charge in [-0.15, -0.1) is 0 Å². The average Bonchev–Trinajstić information content (AvgIpc) is 2.96. The number of benzene rings is 3.